The Morgan fingerprint density at radius 3 is 2.73 bits per heavy atom. The molecule has 1 aliphatic rings. The first-order valence-corrected chi connectivity index (χ1v) is 7.29. The maximum atomic E-state index is 12.2. The molecule has 0 saturated heterocycles. The van der Waals surface area contributed by atoms with Crippen molar-refractivity contribution in [3.63, 3.8) is 0 Å². The molecule has 1 saturated carbocycles. The molecule has 1 amide bonds. The van der Waals surface area contributed by atoms with E-state index >= 15 is 0 Å². The average molecular weight is 298 g/mol. The summed E-state index contributed by atoms with van der Waals surface area (Å²) in [6, 6.07) is 10.6. The molecule has 0 spiro atoms. The maximum absolute atomic E-state index is 12.2. The van der Waals surface area contributed by atoms with Crippen molar-refractivity contribution >= 4 is 11.7 Å². The lowest BCUT2D eigenvalue weighted by molar-refractivity contribution is 0.102. The first kappa shape index (κ1) is 14.4. The maximum Gasteiger partial charge on any atom is 0.256 e. The summed E-state index contributed by atoms with van der Waals surface area (Å²) >= 11 is 0. The molecule has 1 aromatic heterocycles. The van der Waals surface area contributed by atoms with Crippen LogP contribution in [0.15, 0.2) is 42.6 Å². The minimum atomic E-state index is -0.231. The topological polar surface area (TPSA) is 60.5 Å². The monoisotopic (exact) mass is 298 g/mol. The van der Waals surface area contributed by atoms with E-state index in [-0.39, 0.29) is 5.91 Å². The van der Waals surface area contributed by atoms with Gasteiger partial charge >= 0.3 is 0 Å². The van der Waals surface area contributed by atoms with Crippen molar-refractivity contribution in [3.8, 4) is 11.5 Å². The fourth-order valence-corrected chi connectivity index (χ4v) is 2.03. The average Bonchev–Trinajstić information content (AvgIpc) is 3.38. The molecular weight excluding hydrogens is 280 g/mol. The van der Waals surface area contributed by atoms with Crippen LogP contribution in [0.3, 0.4) is 0 Å². The summed E-state index contributed by atoms with van der Waals surface area (Å²) in [5.41, 5.74) is 0.548. The molecule has 114 valence electrons. The second-order valence-corrected chi connectivity index (χ2v) is 5.29. The number of amides is 1. The van der Waals surface area contributed by atoms with E-state index < -0.39 is 0 Å². The Bertz CT molecular complexity index is 651. The molecule has 0 bridgehead atoms. The van der Waals surface area contributed by atoms with Crippen LogP contribution in [0, 0.1) is 5.92 Å². The van der Waals surface area contributed by atoms with Gasteiger partial charge in [0.15, 0.2) is 11.6 Å². The predicted molar refractivity (Wildman–Crippen MR) is 83.4 cm³/mol. The van der Waals surface area contributed by atoms with Crippen LogP contribution in [-0.2, 0) is 0 Å². The van der Waals surface area contributed by atoms with Gasteiger partial charge in [-0.15, -0.1) is 0 Å². The standard InChI is InChI=1S/C17H18N2O3/c1-21-15-3-2-10-18-16(15)19-17(20)13-6-8-14(9-7-13)22-11-12-4-5-12/h2-3,6-10,12H,4-5,11H2,1H3,(H,18,19,20). The van der Waals surface area contributed by atoms with E-state index in [4.69, 9.17) is 9.47 Å². The van der Waals surface area contributed by atoms with E-state index in [1.54, 1.807) is 37.6 Å². The minimum absolute atomic E-state index is 0.231. The van der Waals surface area contributed by atoms with Crippen LogP contribution in [-0.4, -0.2) is 24.6 Å². The van der Waals surface area contributed by atoms with Crippen molar-refractivity contribution in [3.05, 3.63) is 48.2 Å². The summed E-state index contributed by atoms with van der Waals surface area (Å²) in [6.45, 7) is 0.761. The number of carbonyl (C=O) groups excluding carboxylic acids is 1. The Kier molecular flexibility index (Phi) is 4.23. The molecule has 0 aliphatic heterocycles. The highest BCUT2D eigenvalue weighted by atomic mass is 16.5. The number of methoxy groups -OCH3 is 1. The lowest BCUT2D eigenvalue weighted by atomic mass is 10.2. The summed E-state index contributed by atoms with van der Waals surface area (Å²) in [4.78, 5) is 16.3. The van der Waals surface area contributed by atoms with Crippen molar-refractivity contribution in [2.75, 3.05) is 19.0 Å². The number of anilines is 1. The van der Waals surface area contributed by atoms with E-state index in [0.717, 1.165) is 12.4 Å². The smallest absolute Gasteiger partial charge is 0.256 e. The zero-order chi connectivity index (χ0) is 15.4. The number of hydrogen-bond donors (Lipinski definition) is 1. The molecular formula is C17H18N2O3. The molecule has 0 radical (unpaired) electrons. The predicted octanol–water partition coefficient (Wildman–Crippen LogP) is 3.13. The summed E-state index contributed by atoms with van der Waals surface area (Å²) in [5.74, 6) is 2.20. The van der Waals surface area contributed by atoms with Crippen LogP contribution in [0.1, 0.15) is 23.2 Å². The van der Waals surface area contributed by atoms with Gasteiger partial charge in [0.2, 0.25) is 0 Å². The molecule has 1 heterocycles. The van der Waals surface area contributed by atoms with Gasteiger partial charge in [0, 0.05) is 11.8 Å². The van der Waals surface area contributed by atoms with E-state index in [2.05, 4.69) is 10.3 Å². The normalized spacial score (nSPS) is 13.5. The number of hydrogen-bond acceptors (Lipinski definition) is 4. The molecule has 1 aliphatic carbocycles. The van der Waals surface area contributed by atoms with Gasteiger partial charge in [-0.25, -0.2) is 4.98 Å². The van der Waals surface area contributed by atoms with Crippen LogP contribution in [0.5, 0.6) is 11.5 Å². The number of nitrogens with one attached hydrogen (secondary N) is 1. The molecule has 1 fully saturated rings. The quantitative estimate of drug-likeness (QED) is 0.890. The summed E-state index contributed by atoms with van der Waals surface area (Å²) in [7, 11) is 1.54. The third kappa shape index (κ3) is 3.55. The zero-order valence-electron chi connectivity index (χ0n) is 12.4. The first-order valence-electron chi connectivity index (χ1n) is 7.29. The molecule has 3 rings (SSSR count). The Hall–Kier alpha value is -2.56. The number of benzene rings is 1. The van der Waals surface area contributed by atoms with Gasteiger partial charge in [0.25, 0.3) is 5.91 Å². The highest BCUT2D eigenvalue weighted by molar-refractivity contribution is 6.04. The lowest BCUT2D eigenvalue weighted by Gasteiger charge is -2.09. The van der Waals surface area contributed by atoms with Gasteiger partial charge in [-0.1, -0.05) is 0 Å². The van der Waals surface area contributed by atoms with Gasteiger partial charge in [-0.05, 0) is 55.2 Å². The van der Waals surface area contributed by atoms with Crippen molar-refractivity contribution in [2.45, 2.75) is 12.8 Å². The van der Waals surface area contributed by atoms with Gasteiger partial charge in [0.1, 0.15) is 5.75 Å². The fourth-order valence-electron chi connectivity index (χ4n) is 2.03. The van der Waals surface area contributed by atoms with E-state index in [0.29, 0.717) is 23.0 Å². The zero-order valence-corrected chi connectivity index (χ0v) is 12.4. The molecule has 5 heteroatoms. The van der Waals surface area contributed by atoms with Crippen molar-refractivity contribution < 1.29 is 14.3 Å². The Labute approximate surface area is 129 Å². The Balaban J connectivity index is 1.63. The number of pyridine rings is 1. The molecule has 0 atom stereocenters. The number of aromatic nitrogens is 1. The number of rotatable bonds is 6. The molecule has 0 unspecified atom stereocenters. The van der Waals surface area contributed by atoms with Crippen molar-refractivity contribution in [2.24, 2.45) is 5.92 Å². The van der Waals surface area contributed by atoms with Crippen LogP contribution >= 0.6 is 0 Å². The third-order valence-electron chi connectivity index (χ3n) is 3.52. The van der Waals surface area contributed by atoms with Gasteiger partial charge in [0.05, 0.1) is 13.7 Å². The van der Waals surface area contributed by atoms with Gasteiger partial charge in [-0.3, -0.25) is 4.79 Å². The highest BCUT2D eigenvalue weighted by Crippen LogP contribution is 2.29. The van der Waals surface area contributed by atoms with Crippen LogP contribution in [0.4, 0.5) is 5.82 Å². The highest BCUT2D eigenvalue weighted by Gasteiger charge is 2.21. The second-order valence-electron chi connectivity index (χ2n) is 5.29. The van der Waals surface area contributed by atoms with Crippen LogP contribution < -0.4 is 14.8 Å². The fraction of sp³-hybridized carbons (Fsp3) is 0.294. The van der Waals surface area contributed by atoms with Gasteiger partial charge < -0.3 is 14.8 Å². The molecule has 22 heavy (non-hydrogen) atoms. The third-order valence-corrected chi connectivity index (χ3v) is 3.52. The second kappa shape index (κ2) is 6.47. The number of nitrogens with zero attached hydrogens (tertiary/aromatic N) is 1. The van der Waals surface area contributed by atoms with Crippen molar-refractivity contribution in [1.82, 2.24) is 4.98 Å². The summed E-state index contributed by atoms with van der Waals surface area (Å²) in [5, 5.41) is 2.74. The number of carbonyl (C=O) groups is 1. The van der Waals surface area contributed by atoms with E-state index in [1.165, 1.54) is 12.8 Å². The Morgan fingerprint density at radius 1 is 1.27 bits per heavy atom. The van der Waals surface area contributed by atoms with Crippen LogP contribution in [0.2, 0.25) is 0 Å². The van der Waals surface area contributed by atoms with Crippen LogP contribution in [0.25, 0.3) is 0 Å². The first-order chi connectivity index (χ1) is 10.8. The summed E-state index contributed by atoms with van der Waals surface area (Å²) in [6.07, 6.45) is 4.12. The SMILES string of the molecule is COc1cccnc1NC(=O)c1ccc(OCC2CC2)cc1. The minimum Gasteiger partial charge on any atom is -0.493 e. The summed E-state index contributed by atoms with van der Waals surface area (Å²) < 4.78 is 10.8. The lowest BCUT2D eigenvalue weighted by Crippen LogP contribution is -2.13. The molecule has 2 aromatic rings. The molecule has 1 aromatic carbocycles. The van der Waals surface area contributed by atoms with E-state index in [1.807, 2.05) is 12.1 Å². The number of ether oxygens (including phenoxy) is 2. The molecule has 5 nitrogen and oxygen atoms in total. The van der Waals surface area contributed by atoms with E-state index in [9.17, 15) is 4.79 Å². The molecule has 1 N–H and O–H groups in total. The largest absolute Gasteiger partial charge is 0.493 e. The van der Waals surface area contributed by atoms with Crippen molar-refractivity contribution in [1.29, 1.82) is 0 Å². The Morgan fingerprint density at radius 2 is 2.05 bits per heavy atom. The van der Waals surface area contributed by atoms with Gasteiger partial charge in [-0.2, -0.15) is 0 Å².